The highest BCUT2D eigenvalue weighted by Gasteiger charge is 2.20. The van der Waals surface area contributed by atoms with Gasteiger partial charge >= 0.3 is 0 Å². The SMILES string of the molecule is Cc1ccccc1N1CCNC(CC(C)C)C1. The van der Waals surface area contributed by atoms with Gasteiger partial charge in [-0.1, -0.05) is 32.0 Å². The highest BCUT2D eigenvalue weighted by Crippen LogP contribution is 2.21. The van der Waals surface area contributed by atoms with Crippen LogP contribution in [0, 0.1) is 12.8 Å². The Kier molecular flexibility index (Phi) is 4.06. The highest BCUT2D eigenvalue weighted by atomic mass is 15.2. The monoisotopic (exact) mass is 232 g/mol. The molecule has 2 heteroatoms. The molecular weight excluding hydrogens is 208 g/mol. The Bertz CT molecular complexity index is 360. The Labute approximate surface area is 105 Å². The van der Waals surface area contributed by atoms with E-state index in [4.69, 9.17) is 0 Å². The van der Waals surface area contributed by atoms with Gasteiger partial charge in [0.25, 0.3) is 0 Å². The topological polar surface area (TPSA) is 15.3 Å². The molecule has 0 aliphatic carbocycles. The van der Waals surface area contributed by atoms with Crippen molar-refractivity contribution in [3.63, 3.8) is 0 Å². The van der Waals surface area contributed by atoms with E-state index in [1.165, 1.54) is 17.7 Å². The molecule has 1 aromatic rings. The van der Waals surface area contributed by atoms with E-state index in [0.717, 1.165) is 25.6 Å². The number of piperazine rings is 1. The Hall–Kier alpha value is -1.02. The van der Waals surface area contributed by atoms with Gasteiger partial charge in [-0.05, 0) is 30.9 Å². The van der Waals surface area contributed by atoms with Crippen LogP contribution in [0.2, 0.25) is 0 Å². The third-order valence-corrected chi connectivity index (χ3v) is 3.47. The molecule has 1 N–H and O–H groups in total. The van der Waals surface area contributed by atoms with Crippen LogP contribution in [-0.4, -0.2) is 25.7 Å². The number of nitrogens with zero attached hydrogens (tertiary/aromatic N) is 1. The molecule has 2 rings (SSSR count). The molecule has 0 aromatic heterocycles. The fourth-order valence-corrected chi connectivity index (χ4v) is 2.69. The highest BCUT2D eigenvalue weighted by molar-refractivity contribution is 5.53. The molecule has 17 heavy (non-hydrogen) atoms. The van der Waals surface area contributed by atoms with Crippen LogP contribution in [0.4, 0.5) is 5.69 Å². The van der Waals surface area contributed by atoms with Crippen molar-refractivity contribution < 1.29 is 0 Å². The largest absolute Gasteiger partial charge is 0.368 e. The summed E-state index contributed by atoms with van der Waals surface area (Å²) in [6.07, 6.45) is 1.27. The van der Waals surface area contributed by atoms with Crippen molar-refractivity contribution in [2.75, 3.05) is 24.5 Å². The first-order valence-corrected chi connectivity index (χ1v) is 6.71. The first kappa shape index (κ1) is 12.4. The average molecular weight is 232 g/mol. The number of benzene rings is 1. The summed E-state index contributed by atoms with van der Waals surface area (Å²) in [5.41, 5.74) is 2.79. The number of hydrogen-bond donors (Lipinski definition) is 1. The van der Waals surface area contributed by atoms with Gasteiger partial charge in [0.15, 0.2) is 0 Å². The molecule has 1 heterocycles. The van der Waals surface area contributed by atoms with E-state index in [1.807, 2.05) is 0 Å². The van der Waals surface area contributed by atoms with E-state index in [9.17, 15) is 0 Å². The number of aryl methyl sites for hydroxylation is 1. The first-order chi connectivity index (χ1) is 8.16. The van der Waals surface area contributed by atoms with Crippen molar-refractivity contribution in [1.82, 2.24) is 5.32 Å². The number of rotatable bonds is 3. The van der Waals surface area contributed by atoms with Gasteiger partial charge in [-0.3, -0.25) is 0 Å². The predicted molar refractivity (Wildman–Crippen MR) is 74.6 cm³/mol. The number of anilines is 1. The molecule has 2 nitrogen and oxygen atoms in total. The Morgan fingerprint density at radius 2 is 2.12 bits per heavy atom. The summed E-state index contributed by atoms with van der Waals surface area (Å²) < 4.78 is 0. The van der Waals surface area contributed by atoms with Crippen molar-refractivity contribution in [3.05, 3.63) is 29.8 Å². The van der Waals surface area contributed by atoms with Gasteiger partial charge in [0.1, 0.15) is 0 Å². The van der Waals surface area contributed by atoms with E-state index in [2.05, 4.69) is 55.3 Å². The van der Waals surface area contributed by atoms with Gasteiger partial charge < -0.3 is 10.2 Å². The van der Waals surface area contributed by atoms with Crippen LogP contribution in [0.15, 0.2) is 24.3 Å². The zero-order valence-corrected chi connectivity index (χ0v) is 11.2. The lowest BCUT2D eigenvalue weighted by Crippen LogP contribution is -2.51. The van der Waals surface area contributed by atoms with E-state index < -0.39 is 0 Å². The third-order valence-electron chi connectivity index (χ3n) is 3.47. The molecule has 1 unspecified atom stereocenters. The van der Waals surface area contributed by atoms with E-state index in [-0.39, 0.29) is 0 Å². The summed E-state index contributed by atoms with van der Waals surface area (Å²) in [6.45, 7) is 10.2. The molecule has 1 fully saturated rings. The summed E-state index contributed by atoms with van der Waals surface area (Å²) in [6, 6.07) is 9.35. The Morgan fingerprint density at radius 1 is 1.35 bits per heavy atom. The zero-order valence-electron chi connectivity index (χ0n) is 11.2. The van der Waals surface area contributed by atoms with Crippen LogP contribution in [-0.2, 0) is 0 Å². The number of nitrogens with one attached hydrogen (secondary N) is 1. The van der Waals surface area contributed by atoms with Gasteiger partial charge in [-0.25, -0.2) is 0 Å². The lowest BCUT2D eigenvalue weighted by molar-refractivity contribution is 0.388. The summed E-state index contributed by atoms with van der Waals surface area (Å²) in [4.78, 5) is 2.53. The average Bonchev–Trinajstić information content (AvgIpc) is 2.29. The van der Waals surface area contributed by atoms with Gasteiger partial charge in [-0.2, -0.15) is 0 Å². The van der Waals surface area contributed by atoms with E-state index in [1.54, 1.807) is 0 Å². The van der Waals surface area contributed by atoms with Crippen LogP contribution in [0.5, 0.6) is 0 Å². The van der Waals surface area contributed by atoms with Gasteiger partial charge in [0, 0.05) is 31.4 Å². The van der Waals surface area contributed by atoms with Crippen molar-refractivity contribution >= 4 is 5.69 Å². The minimum atomic E-state index is 0.642. The zero-order chi connectivity index (χ0) is 12.3. The van der Waals surface area contributed by atoms with Crippen LogP contribution in [0.1, 0.15) is 25.8 Å². The summed E-state index contributed by atoms with van der Waals surface area (Å²) in [5.74, 6) is 0.768. The maximum absolute atomic E-state index is 3.63. The Morgan fingerprint density at radius 3 is 2.82 bits per heavy atom. The van der Waals surface area contributed by atoms with Crippen molar-refractivity contribution in [3.8, 4) is 0 Å². The lowest BCUT2D eigenvalue weighted by Gasteiger charge is -2.36. The second-order valence-corrected chi connectivity index (χ2v) is 5.51. The second kappa shape index (κ2) is 5.54. The summed E-state index contributed by atoms with van der Waals surface area (Å²) in [5, 5.41) is 3.63. The molecule has 1 aliphatic rings. The maximum atomic E-state index is 3.63. The molecule has 0 bridgehead atoms. The second-order valence-electron chi connectivity index (χ2n) is 5.51. The Balaban J connectivity index is 2.04. The first-order valence-electron chi connectivity index (χ1n) is 6.71. The summed E-state index contributed by atoms with van der Waals surface area (Å²) >= 11 is 0. The molecule has 0 amide bonds. The van der Waals surface area contributed by atoms with Crippen LogP contribution >= 0.6 is 0 Å². The maximum Gasteiger partial charge on any atom is 0.0396 e. The fourth-order valence-electron chi connectivity index (χ4n) is 2.69. The lowest BCUT2D eigenvalue weighted by atomic mass is 10.0. The van der Waals surface area contributed by atoms with Crippen molar-refractivity contribution in [2.24, 2.45) is 5.92 Å². The van der Waals surface area contributed by atoms with Gasteiger partial charge in [0.05, 0.1) is 0 Å². The third kappa shape index (κ3) is 3.22. The number of para-hydroxylation sites is 1. The molecule has 1 aliphatic heterocycles. The van der Waals surface area contributed by atoms with Crippen LogP contribution in [0.25, 0.3) is 0 Å². The molecule has 0 saturated carbocycles. The van der Waals surface area contributed by atoms with E-state index >= 15 is 0 Å². The van der Waals surface area contributed by atoms with Gasteiger partial charge in [0.2, 0.25) is 0 Å². The minimum Gasteiger partial charge on any atom is -0.368 e. The standard InChI is InChI=1S/C15H24N2/c1-12(2)10-14-11-17(9-8-16-14)15-7-5-4-6-13(15)3/h4-7,12,14,16H,8-11H2,1-3H3. The molecular formula is C15H24N2. The molecule has 1 saturated heterocycles. The van der Waals surface area contributed by atoms with Crippen molar-refractivity contribution in [1.29, 1.82) is 0 Å². The fraction of sp³-hybridized carbons (Fsp3) is 0.600. The normalized spacial score (nSPS) is 20.9. The van der Waals surface area contributed by atoms with E-state index in [0.29, 0.717) is 6.04 Å². The molecule has 1 aromatic carbocycles. The molecule has 1 atom stereocenters. The van der Waals surface area contributed by atoms with Crippen LogP contribution in [0.3, 0.4) is 0 Å². The summed E-state index contributed by atoms with van der Waals surface area (Å²) in [7, 11) is 0. The molecule has 0 spiro atoms. The molecule has 94 valence electrons. The quantitative estimate of drug-likeness (QED) is 0.862. The predicted octanol–water partition coefficient (Wildman–Crippen LogP) is 2.82. The van der Waals surface area contributed by atoms with Gasteiger partial charge in [-0.15, -0.1) is 0 Å². The molecule has 0 radical (unpaired) electrons. The number of hydrogen-bond acceptors (Lipinski definition) is 2. The minimum absolute atomic E-state index is 0.642. The van der Waals surface area contributed by atoms with Crippen LogP contribution < -0.4 is 10.2 Å². The smallest absolute Gasteiger partial charge is 0.0396 e. The van der Waals surface area contributed by atoms with Crippen molar-refractivity contribution in [2.45, 2.75) is 33.2 Å².